The number of nitrogens with zero attached hydrogens (tertiary/aromatic N) is 1. The Morgan fingerprint density at radius 3 is 2.24 bits per heavy atom. The van der Waals surface area contributed by atoms with Gasteiger partial charge >= 0.3 is 12.1 Å². The summed E-state index contributed by atoms with van der Waals surface area (Å²) in [6.07, 6.45) is 0. The molecule has 0 saturated carbocycles. The number of benzene rings is 1. The highest BCUT2D eigenvalue weighted by molar-refractivity contribution is 6.00. The van der Waals surface area contributed by atoms with Gasteiger partial charge in [-0.15, -0.1) is 0 Å². The lowest BCUT2D eigenvalue weighted by molar-refractivity contribution is 0.203. The van der Waals surface area contributed by atoms with E-state index in [0.29, 0.717) is 11.4 Å². The van der Waals surface area contributed by atoms with Crippen LogP contribution < -0.4 is 15.4 Å². The Bertz CT molecular complexity index is 403. The van der Waals surface area contributed by atoms with E-state index in [1.807, 2.05) is 0 Å². The lowest BCUT2D eigenvalue weighted by Crippen LogP contribution is -2.41. The highest BCUT2D eigenvalue weighted by atomic mass is 16.5. The summed E-state index contributed by atoms with van der Waals surface area (Å²) in [6.45, 7) is 0. The van der Waals surface area contributed by atoms with Crippen molar-refractivity contribution in [1.29, 1.82) is 0 Å². The normalized spacial score (nSPS) is 9.35. The largest absolute Gasteiger partial charge is 0.497 e. The first-order valence-electron chi connectivity index (χ1n) is 4.99. The van der Waals surface area contributed by atoms with Gasteiger partial charge < -0.3 is 15.4 Å². The Morgan fingerprint density at radius 1 is 1.18 bits per heavy atom. The van der Waals surface area contributed by atoms with E-state index in [1.54, 1.807) is 31.4 Å². The first kappa shape index (κ1) is 12.8. The van der Waals surface area contributed by atoms with Gasteiger partial charge in [0.2, 0.25) is 0 Å². The highest BCUT2D eigenvalue weighted by Gasteiger charge is 2.14. The van der Waals surface area contributed by atoms with E-state index >= 15 is 0 Å². The topological polar surface area (TPSA) is 70.7 Å². The Balaban J connectivity index is 2.64. The van der Waals surface area contributed by atoms with Gasteiger partial charge in [0, 0.05) is 19.8 Å². The molecule has 0 aliphatic heterocycles. The van der Waals surface area contributed by atoms with Crippen LogP contribution in [0.15, 0.2) is 24.3 Å². The summed E-state index contributed by atoms with van der Waals surface area (Å²) in [4.78, 5) is 23.7. The molecule has 4 amide bonds. The lowest BCUT2D eigenvalue weighted by atomic mass is 10.3. The van der Waals surface area contributed by atoms with Crippen molar-refractivity contribution in [2.45, 2.75) is 0 Å². The van der Waals surface area contributed by atoms with E-state index in [0.717, 1.165) is 4.90 Å². The van der Waals surface area contributed by atoms with Crippen LogP contribution in [0.4, 0.5) is 15.3 Å². The van der Waals surface area contributed by atoms with E-state index in [1.165, 1.54) is 14.1 Å². The second-order valence-corrected chi connectivity index (χ2v) is 3.27. The number of nitrogens with one attached hydrogen (secondary N) is 2. The van der Waals surface area contributed by atoms with Crippen molar-refractivity contribution < 1.29 is 14.3 Å². The maximum atomic E-state index is 11.6. The summed E-state index contributed by atoms with van der Waals surface area (Å²) in [5.41, 5.74) is 0.589. The van der Waals surface area contributed by atoms with Crippen molar-refractivity contribution in [2.75, 3.05) is 26.5 Å². The Morgan fingerprint density at radius 2 is 1.76 bits per heavy atom. The van der Waals surface area contributed by atoms with Crippen LogP contribution in [0.5, 0.6) is 5.75 Å². The monoisotopic (exact) mass is 237 g/mol. The molecule has 0 saturated heterocycles. The minimum Gasteiger partial charge on any atom is -0.497 e. The predicted molar refractivity (Wildman–Crippen MR) is 64.2 cm³/mol. The fourth-order valence-electron chi connectivity index (χ4n) is 1.14. The van der Waals surface area contributed by atoms with Gasteiger partial charge in [-0.1, -0.05) is 0 Å². The number of ether oxygens (including phenoxy) is 1. The molecule has 1 aromatic carbocycles. The van der Waals surface area contributed by atoms with Crippen molar-refractivity contribution in [3.8, 4) is 5.75 Å². The zero-order valence-electron chi connectivity index (χ0n) is 9.98. The average Bonchev–Trinajstić information content (AvgIpc) is 2.37. The van der Waals surface area contributed by atoms with Crippen molar-refractivity contribution in [2.24, 2.45) is 0 Å². The van der Waals surface area contributed by atoms with Gasteiger partial charge in [-0.3, -0.25) is 0 Å². The van der Waals surface area contributed by atoms with Crippen molar-refractivity contribution >= 4 is 17.7 Å². The summed E-state index contributed by atoms with van der Waals surface area (Å²) < 4.78 is 4.99. The molecule has 0 fully saturated rings. The third-order valence-electron chi connectivity index (χ3n) is 2.16. The molecule has 17 heavy (non-hydrogen) atoms. The van der Waals surface area contributed by atoms with Gasteiger partial charge in [-0.25, -0.2) is 14.5 Å². The minimum atomic E-state index is -0.505. The molecule has 1 rings (SSSR count). The van der Waals surface area contributed by atoms with Gasteiger partial charge in [-0.2, -0.15) is 0 Å². The molecule has 2 N–H and O–H groups in total. The zero-order valence-corrected chi connectivity index (χ0v) is 9.98. The number of hydrogen-bond acceptors (Lipinski definition) is 3. The van der Waals surface area contributed by atoms with Gasteiger partial charge in [0.05, 0.1) is 7.11 Å². The molecular formula is C11H15N3O3. The minimum absolute atomic E-state index is 0.476. The third-order valence-corrected chi connectivity index (χ3v) is 2.16. The van der Waals surface area contributed by atoms with Crippen molar-refractivity contribution in [3.63, 3.8) is 0 Å². The van der Waals surface area contributed by atoms with Crippen LogP contribution in [0.25, 0.3) is 0 Å². The molecule has 0 atom stereocenters. The molecule has 6 nitrogen and oxygen atoms in total. The quantitative estimate of drug-likeness (QED) is 0.818. The maximum Gasteiger partial charge on any atom is 0.329 e. The molecular weight excluding hydrogens is 222 g/mol. The Kier molecular flexibility index (Phi) is 4.33. The first-order valence-corrected chi connectivity index (χ1v) is 4.99. The number of carbonyl (C=O) groups is 2. The van der Waals surface area contributed by atoms with Gasteiger partial charge in [0.15, 0.2) is 0 Å². The SMILES string of the molecule is CNC(=O)N(C)C(=O)Nc1ccc(OC)cc1. The second kappa shape index (κ2) is 5.74. The molecule has 0 unspecified atom stereocenters. The molecule has 0 radical (unpaired) electrons. The van der Waals surface area contributed by atoms with Crippen LogP contribution in [0, 0.1) is 0 Å². The zero-order chi connectivity index (χ0) is 12.8. The standard InChI is InChI=1S/C11H15N3O3/c1-12-10(15)14(2)11(16)13-8-4-6-9(17-3)7-5-8/h4-7H,1-3H3,(H,12,15)(H,13,16). The van der Waals surface area contributed by atoms with Gasteiger partial charge in [-0.05, 0) is 24.3 Å². The highest BCUT2D eigenvalue weighted by Crippen LogP contribution is 2.15. The average molecular weight is 237 g/mol. The summed E-state index contributed by atoms with van der Waals surface area (Å²) in [6, 6.07) is 5.83. The number of methoxy groups -OCH3 is 1. The van der Waals surface area contributed by atoms with Crippen LogP contribution in [-0.4, -0.2) is 38.2 Å². The molecule has 0 bridgehead atoms. The summed E-state index contributed by atoms with van der Waals surface area (Å²) in [5.74, 6) is 0.697. The molecule has 92 valence electrons. The first-order chi connectivity index (χ1) is 8.08. The van der Waals surface area contributed by atoms with Crippen LogP contribution in [0.2, 0.25) is 0 Å². The summed E-state index contributed by atoms with van der Waals surface area (Å²) >= 11 is 0. The molecule has 0 heterocycles. The predicted octanol–water partition coefficient (Wildman–Crippen LogP) is 1.50. The van der Waals surface area contributed by atoms with Crippen LogP contribution in [-0.2, 0) is 0 Å². The van der Waals surface area contributed by atoms with Crippen LogP contribution in [0.1, 0.15) is 0 Å². The molecule has 6 heteroatoms. The third kappa shape index (κ3) is 3.37. The molecule has 1 aromatic rings. The second-order valence-electron chi connectivity index (χ2n) is 3.27. The molecule has 0 aliphatic rings. The number of carbonyl (C=O) groups excluding carboxylic acids is 2. The maximum absolute atomic E-state index is 11.6. The molecule has 0 aromatic heterocycles. The fraction of sp³-hybridized carbons (Fsp3) is 0.273. The van der Waals surface area contributed by atoms with Crippen LogP contribution in [0.3, 0.4) is 0 Å². The van der Waals surface area contributed by atoms with E-state index in [9.17, 15) is 9.59 Å². The Hall–Kier alpha value is -2.24. The van der Waals surface area contributed by atoms with Crippen molar-refractivity contribution in [1.82, 2.24) is 10.2 Å². The smallest absolute Gasteiger partial charge is 0.329 e. The van der Waals surface area contributed by atoms with Gasteiger partial charge in [0.25, 0.3) is 0 Å². The number of hydrogen-bond donors (Lipinski definition) is 2. The number of amides is 4. The fourth-order valence-corrected chi connectivity index (χ4v) is 1.14. The van der Waals surface area contributed by atoms with Gasteiger partial charge in [0.1, 0.15) is 5.75 Å². The Labute approximate surface area is 99.6 Å². The number of rotatable bonds is 2. The van der Waals surface area contributed by atoms with E-state index in [2.05, 4.69) is 10.6 Å². The molecule has 0 aliphatic carbocycles. The number of urea groups is 2. The van der Waals surface area contributed by atoms with Crippen LogP contribution >= 0.6 is 0 Å². The lowest BCUT2D eigenvalue weighted by Gasteiger charge is -2.15. The number of anilines is 1. The molecule has 0 spiro atoms. The number of imide groups is 1. The van der Waals surface area contributed by atoms with E-state index in [4.69, 9.17) is 4.74 Å². The summed E-state index contributed by atoms with van der Waals surface area (Å²) in [7, 11) is 4.41. The van der Waals surface area contributed by atoms with E-state index in [-0.39, 0.29) is 0 Å². The summed E-state index contributed by atoms with van der Waals surface area (Å²) in [5, 5.41) is 4.93. The van der Waals surface area contributed by atoms with Crippen molar-refractivity contribution in [3.05, 3.63) is 24.3 Å². The van der Waals surface area contributed by atoms with E-state index < -0.39 is 12.1 Å².